The second-order valence-electron chi connectivity index (χ2n) is 5.77. The molecule has 1 saturated carbocycles. The fraction of sp³-hybridized carbons (Fsp3) is 0.933. The van der Waals surface area contributed by atoms with Crippen molar-refractivity contribution in [1.82, 2.24) is 5.32 Å². The van der Waals surface area contributed by atoms with E-state index in [0.29, 0.717) is 5.25 Å². The SMILES string of the molecule is CCCNC1(C(=O)O)CCCC1CCSC(C)CCO. The molecule has 0 aliphatic heterocycles. The van der Waals surface area contributed by atoms with E-state index in [4.69, 9.17) is 5.11 Å². The zero-order chi connectivity index (χ0) is 15.0. The third-order valence-corrected chi connectivity index (χ3v) is 5.57. The number of carboxylic acid groups (broad SMARTS) is 1. The minimum Gasteiger partial charge on any atom is -0.480 e. The minimum absolute atomic E-state index is 0.231. The third-order valence-electron chi connectivity index (χ3n) is 4.30. The molecule has 0 radical (unpaired) electrons. The number of carbonyl (C=O) groups is 1. The summed E-state index contributed by atoms with van der Waals surface area (Å²) in [6, 6.07) is 0. The van der Waals surface area contributed by atoms with Crippen molar-refractivity contribution in [3.63, 3.8) is 0 Å². The molecule has 3 unspecified atom stereocenters. The van der Waals surface area contributed by atoms with Gasteiger partial charge >= 0.3 is 5.97 Å². The first-order valence-corrected chi connectivity index (χ1v) is 8.82. The van der Waals surface area contributed by atoms with E-state index in [-0.39, 0.29) is 12.5 Å². The number of aliphatic hydroxyl groups excluding tert-OH is 1. The lowest BCUT2D eigenvalue weighted by Crippen LogP contribution is -2.55. The number of hydrogen-bond acceptors (Lipinski definition) is 4. The predicted molar refractivity (Wildman–Crippen MR) is 84.2 cm³/mol. The highest BCUT2D eigenvalue weighted by Crippen LogP contribution is 2.39. The summed E-state index contributed by atoms with van der Waals surface area (Å²) in [5.74, 6) is 0.538. The monoisotopic (exact) mass is 303 g/mol. The van der Waals surface area contributed by atoms with E-state index in [1.807, 2.05) is 11.8 Å². The van der Waals surface area contributed by atoms with Crippen LogP contribution in [0.5, 0.6) is 0 Å². The molecule has 0 amide bonds. The molecule has 0 aromatic rings. The van der Waals surface area contributed by atoms with E-state index < -0.39 is 11.5 Å². The maximum Gasteiger partial charge on any atom is 0.324 e. The van der Waals surface area contributed by atoms with Crippen molar-refractivity contribution in [2.24, 2.45) is 5.92 Å². The third kappa shape index (κ3) is 4.64. The molecule has 5 heteroatoms. The maximum absolute atomic E-state index is 11.7. The van der Waals surface area contributed by atoms with Crippen LogP contribution in [0.1, 0.15) is 52.4 Å². The predicted octanol–water partition coefficient (Wildman–Crippen LogP) is 2.50. The number of nitrogens with one attached hydrogen (secondary N) is 1. The smallest absolute Gasteiger partial charge is 0.324 e. The van der Waals surface area contributed by atoms with Crippen LogP contribution in [-0.4, -0.2) is 45.9 Å². The van der Waals surface area contributed by atoms with Gasteiger partial charge in [0.15, 0.2) is 0 Å². The van der Waals surface area contributed by atoms with Crippen molar-refractivity contribution in [2.75, 3.05) is 18.9 Å². The summed E-state index contributed by atoms with van der Waals surface area (Å²) in [4.78, 5) is 11.7. The lowest BCUT2D eigenvalue weighted by molar-refractivity contribution is -0.146. The van der Waals surface area contributed by atoms with Crippen LogP contribution < -0.4 is 5.32 Å². The number of aliphatic carboxylic acids is 1. The Morgan fingerprint density at radius 1 is 1.55 bits per heavy atom. The zero-order valence-electron chi connectivity index (χ0n) is 12.7. The lowest BCUT2D eigenvalue weighted by Gasteiger charge is -2.32. The van der Waals surface area contributed by atoms with Gasteiger partial charge in [-0.1, -0.05) is 20.3 Å². The van der Waals surface area contributed by atoms with E-state index in [0.717, 1.165) is 50.8 Å². The normalized spacial score (nSPS) is 27.6. The average Bonchev–Trinajstić information content (AvgIpc) is 2.81. The van der Waals surface area contributed by atoms with Crippen molar-refractivity contribution >= 4 is 17.7 Å². The first kappa shape index (κ1) is 17.8. The standard InChI is InChI=1S/C15H29NO3S/c1-3-9-16-15(14(18)19)8-4-5-13(15)7-11-20-12(2)6-10-17/h12-13,16-17H,3-11H2,1-2H3,(H,18,19). The molecule has 1 aliphatic carbocycles. The molecule has 4 nitrogen and oxygen atoms in total. The molecular weight excluding hydrogens is 274 g/mol. The summed E-state index contributed by atoms with van der Waals surface area (Å²) in [5, 5.41) is 22.3. The van der Waals surface area contributed by atoms with Crippen LogP contribution in [-0.2, 0) is 4.79 Å². The molecular formula is C15H29NO3S. The highest BCUT2D eigenvalue weighted by atomic mass is 32.2. The van der Waals surface area contributed by atoms with Crippen LogP contribution >= 0.6 is 11.8 Å². The molecule has 118 valence electrons. The quantitative estimate of drug-likeness (QED) is 0.578. The van der Waals surface area contributed by atoms with Crippen LogP contribution in [0.15, 0.2) is 0 Å². The first-order chi connectivity index (χ1) is 9.56. The molecule has 1 rings (SSSR count). The summed E-state index contributed by atoms with van der Waals surface area (Å²) >= 11 is 1.84. The second-order valence-corrected chi connectivity index (χ2v) is 7.32. The van der Waals surface area contributed by atoms with Gasteiger partial charge < -0.3 is 15.5 Å². The fourth-order valence-corrected chi connectivity index (χ4v) is 4.18. The fourth-order valence-electron chi connectivity index (χ4n) is 3.08. The van der Waals surface area contributed by atoms with Gasteiger partial charge in [-0.2, -0.15) is 11.8 Å². The maximum atomic E-state index is 11.7. The van der Waals surface area contributed by atoms with Crippen molar-refractivity contribution < 1.29 is 15.0 Å². The number of carboxylic acids is 1. The molecule has 0 aromatic heterocycles. The average molecular weight is 303 g/mol. The Morgan fingerprint density at radius 2 is 2.30 bits per heavy atom. The van der Waals surface area contributed by atoms with Gasteiger partial charge in [-0.15, -0.1) is 0 Å². The number of aliphatic hydroxyl groups is 1. The summed E-state index contributed by atoms with van der Waals surface area (Å²) in [5.41, 5.74) is -0.698. The Bertz CT molecular complexity index is 301. The van der Waals surface area contributed by atoms with Crippen molar-refractivity contribution in [2.45, 2.75) is 63.2 Å². The highest BCUT2D eigenvalue weighted by molar-refractivity contribution is 7.99. The van der Waals surface area contributed by atoms with Crippen molar-refractivity contribution in [3.05, 3.63) is 0 Å². The molecule has 0 bridgehead atoms. The number of rotatable bonds is 10. The van der Waals surface area contributed by atoms with Crippen LogP contribution in [0.3, 0.4) is 0 Å². The summed E-state index contributed by atoms with van der Waals surface area (Å²) in [6.07, 6.45) is 5.49. The first-order valence-electron chi connectivity index (χ1n) is 7.77. The minimum atomic E-state index is -0.698. The van der Waals surface area contributed by atoms with Crippen LogP contribution in [0.2, 0.25) is 0 Å². The molecule has 1 fully saturated rings. The van der Waals surface area contributed by atoms with Crippen molar-refractivity contribution in [3.8, 4) is 0 Å². The van der Waals surface area contributed by atoms with Crippen LogP contribution in [0.25, 0.3) is 0 Å². The molecule has 1 aliphatic rings. The summed E-state index contributed by atoms with van der Waals surface area (Å²) in [7, 11) is 0. The number of thioether (sulfide) groups is 1. The number of hydrogen-bond donors (Lipinski definition) is 3. The molecule has 0 aromatic carbocycles. The largest absolute Gasteiger partial charge is 0.480 e. The second kappa shape index (κ2) is 8.90. The van der Waals surface area contributed by atoms with Crippen LogP contribution in [0.4, 0.5) is 0 Å². The molecule has 3 N–H and O–H groups in total. The van der Waals surface area contributed by atoms with Crippen molar-refractivity contribution in [1.29, 1.82) is 0 Å². The molecule has 3 atom stereocenters. The zero-order valence-corrected chi connectivity index (χ0v) is 13.5. The topological polar surface area (TPSA) is 69.6 Å². The summed E-state index contributed by atoms with van der Waals surface area (Å²) in [6.45, 7) is 5.19. The Morgan fingerprint density at radius 3 is 2.90 bits per heavy atom. The lowest BCUT2D eigenvalue weighted by atomic mass is 9.85. The van der Waals surface area contributed by atoms with Gasteiger partial charge in [0.2, 0.25) is 0 Å². The van der Waals surface area contributed by atoms with Gasteiger partial charge in [0, 0.05) is 11.9 Å². The highest BCUT2D eigenvalue weighted by Gasteiger charge is 2.48. The van der Waals surface area contributed by atoms with Gasteiger partial charge in [0.05, 0.1) is 0 Å². The Hall–Kier alpha value is -0.260. The van der Waals surface area contributed by atoms with Gasteiger partial charge in [-0.25, -0.2) is 0 Å². The van der Waals surface area contributed by atoms with E-state index in [1.54, 1.807) is 0 Å². The van der Waals surface area contributed by atoms with Gasteiger partial charge in [-0.05, 0) is 50.3 Å². The van der Waals surface area contributed by atoms with Gasteiger partial charge in [-0.3, -0.25) is 4.79 Å². The Labute approximate surface area is 126 Å². The van der Waals surface area contributed by atoms with Gasteiger partial charge in [0.1, 0.15) is 5.54 Å². The molecule has 0 heterocycles. The van der Waals surface area contributed by atoms with E-state index in [9.17, 15) is 9.90 Å². The molecule has 20 heavy (non-hydrogen) atoms. The van der Waals surface area contributed by atoms with E-state index in [2.05, 4.69) is 19.2 Å². The summed E-state index contributed by atoms with van der Waals surface area (Å²) < 4.78 is 0. The van der Waals surface area contributed by atoms with Crippen LogP contribution in [0, 0.1) is 5.92 Å². The molecule has 0 spiro atoms. The molecule has 0 saturated heterocycles. The van der Waals surface area contributed by atoms with E-state index in [1.165, 1.54) is 0 Å². The Kier molecular flexibility index (Phi) is 7.92. The Balaban J connectivity index is 2.51. The van der Waals surface area contributed by atoms with Gasteiger partial charge in [0.25, 0.3) is 0 Å². The van der Waals surface area contributed by atoms with E-state index >= 15 is 0 Å².